The van der Waals surface area contributed by atoms with Gasteiger partial charge in [-0.05, 0) is 30.4 Å². The maximum atomic E-state index is 12.6. The second-order valence-corrected chi connectivity index (χ2v) is 9.88. The van der Waals surface area contributed by atoms with E-state index in [4.69, 9.17) is 28.4 Å². The first-order valence-corrected chi connectivity index (χ1v) is 13.4. The average molecular weight is 582 g/mol. The molecule has 1 aliphatic heterocycles. The number of aromatic nitrogens is 2. The quantitative estimate of drug-likeness (QED) is 0.238. The third kappa shape index (κ3) is 8.58. The van der Waals surface area contributed by atoms with Gasteiger partial charge in [0.15, 0.2) is 12.2 Å². The van der Waals surface area contributed by atoms with Gasteiger partial charge >= 0.3 is 30.0 Å². The molecule has 2 aromatic rings. The number of anilines is 1. The Kier molecular flexibility index (Phi) is 10.7. The van der Waals surface area contributed by atoms with Crippen LogP contribution >= 0.6 is 11.8 Å². The van der Waals surface area contributed by atoms with Crippen molar-refractivity contribution >= 4 is 58.7 Å². The Morgan fingerprint density at radius 1 is 0.925 bits per heavy atom. The van der Waals surface area contributed by atoms with Crippen LogP contribution in [0.2, 0.25) is 0 Å². The summed E-state index contributed by atoms with van der Waals surface area (Å²) in [7, 11) is 0. The smallest absolute Gasteiger partial charge is 0.414 e. The fourth-order valence-corrected chi connectivity index (χ4v) is 4.70. The van der Waals surface area contributed by atoms with Crippen molar-refractivity contribution in [1.29, 1.82) is 0 Å². The van der Waals surface area contributed by atoms with Crippen LogP contribution in [0, 0.1) is 0 Å². The van der Waals surface area contributed by atoms with Gasteiger partial charge in [0.25, 0.3) is 0 Å². The van der Waals surface area contributed by atoms with Crippen LogP contribution in [-0.4, -0.2) is 83.0 Å². The minimum Gasteiger partial charge on any atom is -0.455 e. The van der Waals surface area contributed by atoms with Crippen molar-refractivity contribution in [2.75, 3.05) is 17.7 Å². The van der Waals surface area contributed by atoms with Crippen LogP contribution in [-0.2, 0) is 47.6 Å². The molecule has 0 spiro atoms. The Labute approximate surface area is 233 Å². The molecule has 0 bridgehead atoms. The van der Waals surface area contributed by atoms with Gasteiger partial charge in [-0.2, -0.15) is 0 Å². The predicted octanol–water partition coefficient (Wildman–Crippen LogP) is 2.70. The number of hydrogen-bond donors (Lipinski definition) is 2. The molecule has 1 saturated heterocycles. The molecule has 1 aliphatic rings. The van der Waals surface area contributed by atoms with E-state index in [0.29, 0.717) is 11.0 Å². The molecule has 0 saturated carbocycles. The van der Waals surface area contributed by atoms with Crippen LogP contribution in [0.1, 0.15) is 41.0 Å². The Bertz CT molecular complexity index is 1250. The SMILES string of the molecule is CCCSc1ccc2nc(NC(=O)OCC3OC(OC(C)=O)C(OC(C)=O)C(OC(C)=O)C3OC(C)=O)[nH]c2c1. The number of carbonyl (C=O) groups excluding carboxylic acids is 5. The second kappa shape index (κ2) is 14.0. The Morgan fingerprint density at radius 2 is 1.55 bits per heavy atom. The number of hydrogen-bond acceptors (Lipinski definition) is 13. The molecule has 40 heavy (non-hydrogen) atoms. The fourth-order valence-electron chi connectivity index (χ4n) is 3.90. The number of benzene rings is 1. The van der Waals surface area contributed by atoms with E-state index in [-0.39, 0.29) is 5.95 Å². The lowest BCUT2D eigenvalue weighted by atomic mass is 9.98. The highest BCUT2D eigenvalue weighted by Gasteiger charge is 2.53. The van der Waals surface area contributed by atoms with E-state index in [2.05, 4.69) is 22.2 Å². The lowest BCUT2D eigenvalue weighted by molar-refractivity contribution is -0.299. The lowest BCUT2D eigenvalue weighted by Crippen LogP contribution is -2.63. The van der Waals surface area contributed by atoms with E-state index in [1.165, 1.54) is 0 Å². The van der Waals surface area contributed by atoms with E-state index in [1.54, 1.807) is 11.8 Å². The highest BCUT2D eigenvalue weighted by molar-refractivity contribution is 7.99. The van der Waals surface area contributed by atoms with E-state index in [1.807, 2.05) is 18.2 Å². The second-order valence-electron chi connectivity index (χ2n) is 8.71. The molecule has 1 amide bonds. The van der Waals surface area contributed by atoms with Crippen LogP contribution < -0.4 is 5.32 Å². The number of ether oxygens (including phenoxy) is 6. The van der Waals surface area contributed by atoms with Crippen molar-refractivity contribution in [2.24, 2.45) is 0 Å². The number of aromatic amines is 1. The minimum atomic E-state index is -1.57. The summed E-state index contributed by atoms with van der Waals surface area (Å²) >= 11 is 1.70. The molecule has 1 aromatic heterocycles. The van der Waals surface area contributed by atoms with Gasteiger partial charge in [0.05, 0.1) is 11.0 Å². The molecule has 2 heterocycles. The topological polar surface area (TPSA) is 181 Å². The number of nitrogens with one attached hydrogen (secondary N) is 2. The summed E-state index contributed by atoms with van der Waals surface area (Å²) in [5, 5.41) is 2.47. The summed E-state index contributed by atoms with van der Waals surface area (Å²) in [6.07, 6.45) is -7.07. The van der Waals surface area contributed by atoms with E-state index in [0.717, 1.165) is 44.8 Å². The number of esters is 4. The van der Waals surface area contributed by atoms with Crippen molar-refractivity contribution in [3.63, 3.8) is 0 Å². The van der Waals surface area contributed by atoms with Crippen molar-refractivity contribution in [3.8, 4) is 0 Å². The molecule has 3 rings (SSSR count). The maximum absolute atomic E-state index is 12.6. The number of imidazole rings is 1. The van der Waals surface area contributed by atoms with E-state index >= 15 is 0 Å². The van der Waals surface area contributed by atoms with Crippen LogP contribution in [0.3, 0.4) is 0 Å². The first kappa shape index (κ1) is 30.7. The molecular formula is C25H31N3O11S. The molecule has 1 aromatic carbocycles. The van der Waals surface area contributed by atoms with Gasteiger partial charge in [-0.3, -0.25) is 24.5 Å². The number of fused-ring (bicyclic) bond motifs is 1. The largest absolute Gasteiger partial charge is 0.455 e. The molecule has 218 valence electrons. The van der Waals surface area contributed by atoms with Gasteiger partial charge in [-0.25, -0.2) is 9.78 Å². The zero-order chi connectivity index (χ0) is 29.4. The van der Waals surface area contributed by atoms with Crippen molar-refractivity contribution < 1.29 is 52.4 Å². The van der Waals surface area contributed by atoms with Gasteiger partial charge in [0, 0.05) is 32.6 Å². The number of thioether (sulfide) groups is 1. The Morgan fingerprint density at radius 3 is 2.17 bits per heavy atom. The molecule has 0 radical (unpaired) electrons. The van der Waals surface area contributed by atoms with Crippen LogP contribution in [0.4, 0.5) is 10.7 Å². The highest BCUT2D eigenvalue weighted by Crippen LogP contribution is 2.30. The van der Waals surface area contributed by atoms with Crippen LogP contribution in [0.15, 0.2) is 23.1 Å². The molecule has 1 fully saturated rings. The van der Waals surface area contributed by atoms with Crippen molar-refractivity contribution in [3.05, 3.63) is 18.2 Å². The zero-order valence-electron chi connectivity index (χ0n) is 22.6. The van der Waals surface area contributed by atoms with Crippen molar-refractivity contribution in [2.45, 2.75) is 76.6 Å². The standard InChI is InChI=1S/C25H31N3O11S/c1-6-9-40-16-7-8-17-18(10-16)27-24(26-17)28-25(33)34-11-19-20(35-12(2)29)21(36-13(3)30)22(37-14(4)31)23(39-19)38-15(5)32/h7-8,10,19-23H,6,9,11H2,1-5H3,(H2,26,27,28,33). The highest BCUT2D eigenvalue weighted by atomic mass is 32.2. The summed E-state index contributed by atoms with van der Waals surface area (Å²) in [4.78, 5) is 68.2. The van der Waals surface area contributed by atoms with Crippen LogP contribution in [0.5, 0.6) is 0 Å². The van der Waals surface area contributed by atoms with Gasteiger partial charge in [0.2, 0.25) is 18.3 Å². The minimum absolute atomic E-state index is 0.129. The zero-order valence-corrected chi connectivity index (χ0v) is 23.4. The van der Waals surface area contributed by atoms with Gasteiger partial charge in [-0.1, -0.05) is 6.92 Å². The summed E-state index contributed by atoms with van der Waals surface area (Å²) in [5.41, 5.74) is 1.35. The first-order chi connectivity index (χ1) is 19.0. The first-order valence-electron chi connectivity index (χ1n) is 12.4. The lowest BCUT2D eigenvalue weighted by Gasteiger charge is -2.43. The third-order valence-electron chi connectivity index (χ3n) is 5.30. The summed E-state index contributed by atoms with van der Waals surface area (Å²) in [5.74, 6) is -2.10. The normalized spacial score (nSPS) is 22.2. The molecule has 14 nitrogen and oxygen atoms in total. The molecule has 5 unspecified atom stereocenters. The average Bonchev–Trinajstić information content (AvgIpc) is 3.25. The van der Waals surface area contributed by atoms with Gasteiger partial charge in [0.1, 0.15) is 12.7 Å². The van der Waals surface area contributed by atoms with E-state index in [9.17, 15) is 24.0 Å². The van der Waals surface area contributed by atoms with Gasteiger partial charge in [-0.15, -0.1) is 11.8 Å². The molecule has 0 aliphatic carbocycles. The van der Waals surface area contributed by atoms with Crippen LogP contribution in [0.25, 0.3) is 11.0 Å². The summed E-state index contributed by atoms with van der Waals surface area (Å²) < 4.78 is 31.9. The fraction of sp³-hybridized carbons (Fsp3) is 0.520. The number of H-pyrrole nitrogens is 1. The van der Waals surface area contributed by atoms with Gasteiger partial charge < -0.3 is 33.4 Å². The maximum Gasteiger partial charge on any atom is 0.414 e. The van der Waals surface area contributed by atoms with Crippen molar-refractivity contribution in [1.82, 2.24) is 9.97 Å². The summed E-state index contributed by atoms with van der Waals surface area (Å²) in [6, 6.07) is 5.68. The number of nitrogens with zero attached hydrogens (tertiary/aromatic N) is 1. The molecule has 2 N–H and O–H groups in total. The van der Waals surface area contributed by atoms with E-state index < -0.39 is 67.3 Å². The molecule has 15 heteroatoms. The Balaban J connectivity index is 1.77. The summed E-state index contributed by atoms with van der Waals surface area (Å²) in [6.45, 7) is 5.91. The predicted molar refractivity (Wildman–Crippen MR) is 139 cm³/mol. The number of carbonyl (C=O) groups is 5. The molecular weight excluding hydrogens is 550 g/mol. The number of amides is 1. The Hall–Kier alpha value is -3.85. The number of rotatable bonds is 10. The monoisotopic (exact) mass is 581 g/mol. The molecule has 5 atom stereocenters. The third-order valence-corrected chi connectivity index (χ3v) is 6.50.